The molecule has 0 aliphatic carbocycles. The Bertz CT molecular complexity index is 587. The zero-order valence-corrected chi connectivity index (χ0v) is 11.3. The van der Waals surface area contributed by atoms with E-state index in [0.29, 0.717) is 17.7 Å². The van der Waals surface area contributed by atoms with E-state index < -0.39 is 12.1 Å². The van der Waals surface area contributed by atoms with Gasteiger partial charge in [-0.2, -0.15) is 0 Å². The number of hydrogen-bond acceptors (Lipinski definition) is 5. The minimum atomic E-state index is -0.721. The molecule has 0 bridgehead atoms. The molecule has 5 heteroatoms. The molecule has 2 aromatic rings. The van der Waals surface area contributed by atoms with Gasteiger partial charge in [-0.25, -0.2) is 9.78 Å². The molecule has 0 amide bonds. The number of nitrogens with zero attached hydrogens (tertiary/aromatic N) is 1. The second kappa shape index (κ2) is 6.14. The van der Waals surface area contributed by atoms with Crippen molar-refractivity contribution < 1.29 is 18.7 Å². The maximum atomic E-state index is 11.9. The van der Waals surface area contributed by atoms with Crippen LogP contribution in [0.4, 0.5) is 0 Å². The van der Waals surface area contributed by atoms with Gasteiger partial charge in [0.05, 0.1) is 11.8 Å². The maximum absolute atomic E-state index is 11.9. The number of carbonyl (C=O) groups excluding carboxylic acids is 2. The van der Waals surface area contributed by atoms with Gasteiger partial charge >= 0.3 is 5.97 Å². The highest BCUT2D eigenvalue weighted by Gasteiger charge is 2.17. The third kappa shape index (κ3) is 3.12. The van der Waals surface area contributed by atoms with Gasteiger partial charge in [-0.15, -0.1) is 0 Å². The topological polar surface area (TPSA) is 69.4 Å². The third-order valence-corrected chi connectivity index (χ3v) is 2.92. The molecule has 20 heavy (non-hydrogen) atoms. The predicted molar refractivity (Wildman–Crippen MR) is 72.1 cm³/mol. The monoisotopic (exact) mass is 273 g/mol. The van der Waals surface area contributed by atoms with Crippen molar-refractivity contribution in [3.05, 3.63) is 42.4 Å². The lowest BCUT2D eigenvalue weighted by Gasteiger charge is -2.11. The van der Waals surface area contributed by atoms with Crippen LogP contribution in [0.25, 0.3) is 11.3 Å². The molecule has 1 heterocycles. The van der Waals surface area contributed by atoms with Crippen molar-refractivity contribution in [2.45, 2.75) is 26.4 Å². The van der Waals surface area contributed by atoms with E-state index >= 15 is 0 Å². The van der Waals surface area contributed by atoms with E-state index in [2.05, 4.69) is 4.98 Å². The summed E-state index contributed by atoms with van der Waals surface area (Å²) >= 11 is 0. The Morgan fingerprint density at radius 1 is 1.30 bits per heavy atom. The van der Waals surface area contributed by atoms with Crippen LogP contribution in [0.1, 0.15) is 30.6 Å². The van der Waals surface area contributed by atoms with Crippen LogP contribution in [0.15, 0.2) is 41.3 Å². The molecule has 2 rings (SSSR count). The molecular weight excluding hydrogens is 258 g/mol. The summed E-state index contributed by atoms with van der Waals surface area (Å²) in [5.74, 6) is 0.0134. The highest BCUT2D eigenvalue weighted by Crippen LogP contribution is 2.19. The molecule has 0 aliphatic rings. The maximum Gasteiger partial charge on any atom is 0.338 e. The van der Waals surface area contributed by atoms with Gasteiger partial charge in [0.15, 0.2) is 24.0 Å². The summed E-state index contributed by atoms with van der Waals surface area (Å²) in [5, 5.41) is 0. The normalized spacial score (nSPS) is 11.9. The van der Waals surface area contributed by atoms with Crippen LogP contribution in [0, 0.1) is 0 Å². The van der Waals surface area contributed by atoms with Gasteiger partial charge < -0.3 is 9.15 Å². The molecule has 0 fully saturated rings. The van der Waals surface area contributed by atoms with Crippen LogP contribution in [-0.4, -0.2) is 22.8 Å². The second-order valence-electron chi connectivity index (χ2n) is 4.31. The van der Waals surface area contributed by atoms with Crippen molar-refractivity contribution in [1.29, 1.82) is 0 Å². The number of esters is 1. The number of ketones is 1. The minimum absolute atomic E-state index is 0.100. The second-order valence-corrected chi connectivity index (χ2v) is 4.31. The van der Waals surface area contributed by atoms with Crippen molar-refractivity contribution in [3.63, 3.8) is 0 Å². The van der Waals surface area contributed by atoms with Crippen LogP contribution >= 0.6 is 0 Å². The van der Waals surface area contributed by atoms with Gasteiger partial charge in [0.25, 0.3) is 0 Å². The summed E-state index contributed by atoms with van der Waals surface area (Å²) in [5.41, 5.74) is 1.21. The van der Waals surface area contributed by atoms with Gasteiger partial charge in [-0.05, 0) is 19.1 Å². The first-order chi connectivity index (χ1) is 9.61. The number of ether oxygens (including phenoxy) is 1. The molecule has 0 spiro atoms. The summed E-state index contributed by atoms with van der Waals surface area (Å²) in [6.07, 6.45) is 2.56. The number of Topliss-reactive ketones (excluding diaryl/α,β-unsaturated/α-hetero) is 1. The van der Waals surface area contributed by atoms with Crippen LogP contribution in [0.3, 0.4) is 0 Å². The van der Waals surface area contributed by atoms with Gasteiger partial charge in [0.1, 0.15) is 0 Å². The lowest BCUT2D eigenvalue weighted by Crippen LogP contribution is -2.23. The summed E-state index contributed by atoms with van der Waals surface area (Å²) in [4.78, 5) is 27.1. The van der Waals surface area contributed by atoms with Crippen molar-refractivity contribution in [1.82, 2.24) is 4.98 Å². The fourth-order valence-electron chi connectivity index (χ4n) is 1.71. The first-order valence-electron chi connectivity index (χ1n) is 6.34. The zero-order valence-electron chi connectivity index (χ0n) is 11.3. The van der Waals surface area contributed by atoms with Crippen molar-refractivity contribution in [2.24, 2.45) is 0 Å². The molecule has 1 atom stereocenters. The van der Waals surface area contributed by atoms with Gasteiger partial charge in [-0.3, -0.25) is 4.79 Å². The van der Waals surface area contributed by atoms with E-state index in [9.17, 15) is 9.59 Å². The summed E-state index contributed by atoms with van der Waals surface area (Å²) in [6.45, 7) is 3.31. The van der Waals surface area contributed by atoms with E-state index in [1.807, 2.05) is 0 Å². The first kappa shape index (κ1) is 14.0. The number of carbonyl (C=O) groups is 2. The van der Waals surface area contributed by atoms with E-state index in [4.69, 9.17) is 9.15 Å². The van der Waals surface area contributed by atoms with Gasteiger partial charge in [-0.1, -0.05) is 19.1 Å². The highest BCUT2D eigenvalue weighted by atomic mass is 16.5. The Morgan fingerprint density at radius 3 is 2.55 bits per heavy atom. The van der Waals surface area contributed by atoms with Gasteiger partial charge in [0, 0.05) is 12.0 Å². The lowest BCUT2D eigenvalue weighted by atomic mass is 10.1. The molecular formula is C15H15NO4. The molecule has 0 unspecified atom stereocenters. The average molecular weight is 273 g/mol. The molecule has 5 nitrogen and oxygen atoms in total. The van der Waals surface area contributed by atoms with Crippen LogP contribution in [0.5, 0.6) is 0 Å². The van der Waals surface area contributed by atoms with E-state index in [1.54, 1.807) is 44.3 Å². The smallest absolute Gasteiger partial charge is 0.338 e. The average Bonchev–Trinajstić information content (AvgIpc) is 3.00. The largest absolute Gasteiger partial charge is 0.451 e. The number of rotatable bonds is 5. The van der Waals surface area contributed by atoms with Crippen LogP contribution in [-0.2, 0) is 9.53 Å². The zero-order chi connectivity index (χ0) is 14.5. The molecule has 0 N–H and O–H groups in total. The standard InChI is InChI=1S/C15H15NO4/c1-3-13(17)10(2)20-15(18)12-6-4-11(5-7-12)14-8-16-9-19-14/h4-10H,3H2,1-2H3/t10-/m0/s1. The van der Waals surface area contributed by atoms with Crippen molar-refractivity contribution in [3.8, 4) is 11.3 Å². The van der Waals surface area contributed by atoms with E-state index in [0.717, 1.165) is 5.56 Å². The fourth-order valence-corrected chi connectivity index (χ4v) is 1.71. The quantitative estimate of drug-likeness (QED) is 0.783. The Hall–Kier alpha value is -2.43. The fraction of sp³-hybridized carbons (Fsp3) is 0.267. The lowest BCUT2D eigenvalue weighted by molar-refractivity contribution is -0.126. The minimum Gasteiger partial charge on any atom is -0.451 e. The first-order valence-corrected chi connectivity index (χ1v) is 6.34. The molecule has 0 aliphatic heterocycles. The number of aromatic nitrogens is 1. The molecule has 0 saturated heterocycles. The number of oxazole rings is 1. The third-order valence-electron chi connectivity index (χ3n) is 2.92. The molecule has 0 radical (unpaired) electrons. The SMILES string of the molecule is CCC(=O)[C@H](C)OC(=O)c1ccc(-c2cnco2)cc1. The Labute approximate surface area is 116 Å². The number of benzene rings is 1. The summed E-state index contributed by atoms with van der Waals surface area (Å²) in [6, 6.07) is 6.74. The molecule has 1 aromatic carbocycles. The molecule has 0 saturated carbocycles. The summed E-state index contributed by atoms with van der Waals surface area (Å²) < 4.78 is 10.3. The van der Waals surface area contributed by atoms with Crippen LogP contribution in [0.2, 0.25) is 0 Å². The van der Waals surface area contributed by atoms with Crippen LogP contribution < -0.4 is 0 Å². The predicted octanol–water partition coefficient (Wildman–Crippen LogP) is 2.87. The van der Waals surface area contributed by atoms with Crippen molar-refractivity contribution >= 4 is 11.8 Å². The Kier molecular flexibility index (Phi) is 4.30. The Balaban J connectivity index is 2.06. The number of hydrogen-bond donors (Lipinski definition) is 0. The molecule has 104 valence electrons. The molecule has 1 aromatic heterocycles. The highest BCUT2D eigenvalue weighted by molar-refractivity contribution is 5.93. The van der Waals surface area contributed by atoms with E-state index in [-0.39, 0.29) is 5.78 Å². The Morgan fingerprint density at radius 2 is 2.00 bits per heavy atom. The van der Waals surface area contributed by atoms with Gasteiger partial charge in [0.2, 0.25) is 0 Å². The van der Waals surface area contributed by atoms with Crippen molar-refractivity contribution in [2.75, 3.05) is 0 Å². The summed E-state index contributed by atoms with van der Waals surface area (Å²) in [7, 11) is 0. The van der Waals surface area contributed by atoms with E-state index in [1.165, 1.54) is 6.39 Å².